The molecule has 2 aliphatic heterocycles. The van der Waals surface area contributed by atoms with E-state index >= 15 is 0 Å². The van der Waals surface area contributed by atoms with E-state index in [0.717, 1.165) is 4.90 Å². The van der Waals surface area contributed by atoms with E-state index < -0.39 is 17.8 Å². The van der Waals surface area contributed by atoms with Crippen LogP contribution in [-0.4, -0.2) is 38.7 Å². The van der Waals surface area contributed by atoms with Crippen molar-refractivity contribution < 1.29 is 28.3 Å². The van der Waals surface area contributed by atoms with Crippen LogP contribution in [-0.2, 0) is 9.59 Å². The highest BCUT2D eigenvalue weighted by molar-refractivity contribution is 6.39. The van der Waals surface area contributed by atoms with E-state index in [0.29, 0.717) is 23.1 Å². The molecule has 27 heavy (non-hydrogen) atoms. The molecule has 1 fully saturated rings. The zero-order valence-corrected chi connectivity index (χ0v) is 14.5. The molecule has 0 aliphatic carbocycles. The van der Waals surface area contributed by atoms with Gasteiger partial charge >= 0.3 is 6.03 Å². The first-order valence-electron chi connectivity index (χ1n) is 8.02. The molecule has 0 unspecified atom stereocenters. The number of hydrogen-bond donors (Lipinski definition) is 1. The summed E-state index contributed by atoms with van der Waals surface area (Å²) in [6.07, 6.45) is 1.30. The third kappa shape index (κ3) is 2.88. The fourth-order valence-electron chi connectivity index (χ4n) is 2.72. The average Bonchev–Trinajstić information content (AvgIpc) is 3.27. The molecule has 138 valence electrons. The lowest BCUT2D eigenvalue weighted by Crippen LogP contribution is -2.54. The molecular formula is C18H15N3O6. The van der Waals surface area contributed by atoms with Gasteiger partial charge in [0.1, 0.15) is 11.3 Å². The number of rotatable bonds is 3. The van der Waals surface area contributed by atoms with Gasteiger partial charge in [0.15, 0.2) is 17.4 Å². The van der Waals surface area contributed by atoms with Gasteiger partial charge in [-0.25, -0.2) is 9.69 Å². The number of nitrogens with one attached hydrogen (secondary N) is 1. The molecule has 9 nitrogen and oxygen atoms in total. The normalized spacial score (nSPS) is 17.5. The van der Waals surface area contributed by atoms with E-state index in [2.05, 4.69) is 5.32 Å². The molecular weight excluding hydrogens is 354 g/mol. The summed E-state index contributed by atoms with van der Waals surface area (Å²) in [5, 5.41) is 2.16. The maximum Gasteiger partial charge on any atom is 0.335 e. The van der Waals surface area contributed by atoms with E-state index in [4.69, 9.17) is 13.9 Å². The quantitative estimate of drug-likeness (QED) is 0.649. The SMILES string of the molecule is CN(C)c1ccc(/C=C2\C(=O)NC(=O)N(c3ccc4c(c3)OCO4)C2=O)o1. The molecule has 0 bridgehead atoms. The number of imide groups is 2. The monoisotopic (exact) mass is 369 g/mol. The Kier molecular flexibility index (Phi) is 3.84. The minimum absolute atomic E-state index is 0.0648. The number of ether oxygens (including phenoxy) is 2. The van der Waals surface area contributed by atoms with E-state index in [1.54, 1.807) is 37.2 Å². The van der Waals surface area contributed by atoms with E-state index in [1.165, 1.54) is 18.2 Å². The van der Waals surface area contributed by atoms with Crippen LogP contribution in [0.4, 0.5) is 16.4 Å². The van der Waals surface area contributed by atoms with Gasteiger partial charge in [0.05, 0.1) is 5.69 Å². The van der Waals surface area contributed by atoms with Gasteiger partial charge in [0, 0.05) is 26.2 Å². The standard InChI is InChI=1S/C18H15N3O6/c1-20(2)15-6-4-11(27-15)8-12-16(22)19-18(24)21(17(12)23)10-3-5-13-14(7-10)26-9-25-13/h3-8H,9H2,1-2H3,(H,19,22,24)/b12-8+. The van der Waals surface area contributed by atoms with E-state index in [1.807, 2.05) is 0 Å². The number of urea groups is 1. The molecule has 9 heteroatoms. The van der Waals surface area contributed by atoms with Crippen molar-refractivity contribution in [3.05, 3.63) is 41.7 Å². The van der Waals surface area contributed by atoms with Crippen LogP contribution in [0, 0.1) is 0 Å². The van der Waals surface area contributed by atoms with Crippen molar-refractivity contribution in [1.82, 2.24) is 5.32 Å². The second-order valence-corrected chi connectivity index (χ2v) is 6.07. The van der Waals surface area contributed by atoms with E-state index in [-0.39, 0.29) is 18.1 Å². The van der Waals surface area contributed by atoms with Crippen molar-refractivity contribution in [2.24, 2.45) is 0 Å². The van der Waals surface area contributed by atoms with Crippen LogP contribution in [0.3, 0.4) is 0 Å². The summed E-state index contributed by atoms with van der Waals surface area (Å²) in [6.45, 7) is 0.0648. The smallest absolute Gasteiger partial charge is 0.335 e. The Morgan fingerprint density at radius 1 is 1.07 bits per heavy atom. The summed E-state index contributed by atoms with van der Waals surface area (Å²) >= 11 is 0. The Balaban J connectivity index is 1.69. The number of fused-ring (bicyclic) bond motifs is 1. The first kappa shape index (κ1) is 16.7. The molecule has 1 aromatic heterocycles. The number of carbonyl (C=O) groups excluding carboxylic acids is 3. The summed E-state index contributed by atoms with van der Waals surface area (Å²) in [4.78, 5) is 39.9. The fraction of sp³-hybridized carbons (Fsp3) is 0.167. The summed E-state index contributed by atoms with van der Waals surface area (Å²) in [5.41, 5.74) is 0.0421. The molecule has 0 saturated carbocycles. The Morgan fingerprint density at radius 3 is 2.59 bits per heavy atom. The van der Waals surface area contributed by atoms with Gasteiger partial charge in [0.2, 0.25) is 6.79 Å². The largest absolute Gasteiger partial charge is 0.454 e. The predicted octanol–water partition coefficient (Wildman–Crippen LogP) is 1.74. The van der Waals surface area contributed by atoms with Crippen LogP contribution >= 0.6 is 0 Å². The summed E-state index contributed by atoms with van der Waals surface area (Å²) < 4.78 is 16.1. The number of barbiturate groups is 1. The molecule has 0 atom stereocenters. The number of benzene rings is 1. The second-order valence-electron chi connectivity index (χ2n) is 6.07. The highest BCUT2D eigenvalue weighted by Crippen LogP contribution is 2.36. The van der Waals surface area contributed by atoms with Crippen molar-refractivity contribution in [2.45, 2.75) is 0 Å². The van der Waals surface area contributed by atoms with Gasteiger partial charge in [-0.05, 0) is 24.3 Å². The van der Waals surface area contributed by atoms with E-state index in [9.17, 15) is 14.4 Å². The van der Waals surface area contributed by atoms with Crippen LogP contribution in [0.1, 0.15) is 5.76 Å². The zero-order valence-electron chi connectivity index (χ0n) is 14.5. The van der Waals surface area contributed by atoms with Gasteiger partial charge in [-0.15, -0.1) is 0 Å². The molecule has 0 spiro atoms. The van der Waals surface area contributed by atoms with Crippen molar-refractivity contribution in [3.63, 3.8) is 0 Å². The summed E-state index contributed by atoms with van der Waals surface area (Å²) in [6, 6.07) is 7.13. The number of amides is 4. The van der Waals surface area contributed by atoms with Crippen LogP contribution in [0.15, 0.2) is 40.3 Å². The van der Waals surface area contributed by atoms with Gasteiger partial charge in [0.25, 0.3) is 11.8 Å². The number of nitrogens with zero attached hydrogens (tertiary/aromatic N) is 2. The highest BCUT2D eigenvalue weighted by atomic mass is 16.7. The van der Waals surface area contributed by atoms with Crippen LogP contribution < -0.4 is 24.6 Å². The molecule has 4 rings (SSSR count). The van der Waals surface area contributed by atoms with Gasteiger partial charge in [-0.1, -0.05) is 0 Å². The molecule has 2 aliphatic rings. The number of anilines is 2. The third-order valence-electron chi connectivity index (χ3n) is 4.06. The lowest BCUT2D eigenvalue weighted by Gasteiger charge is -2.26. The number of furan rings is 1. The summed E-state index contributed by atoms with van der Waals surface area (Å²) in [7, 11) is 3.60. The first-order valence-corrected chi connectivity index (χ1v) is 8.02. The number of carbonyl (C=O) groups is 3. The topological polar surface area (TPSA) is 101 Å². The average molecular weight is 369 g/mol. The molecule has 4 amide bonds. The maximum absolute atomic E-state index is 12.8. The molecule has 3 heterocycles. The molecule has 0 radical (unpaired) electrons. The van der Waals surface area contributed by atoms with Gasteiger partial charge in [-0.2, -0.15) is 0 Å². The van der Waals surface area contributed by atoms with Crippen LogP contribution in [0.5, 0.6) is 11.5 Å². The zero-order chi connectivity index (χ0) is 19.1. The third-order valence-corrected chi connectivity index (χ3v) is 4.06. The van der Waals surface area contributed by atoms with Crippen molar-refractivity contribution in [2.75, 3.05) is 30.7 Å². The first-order chi connectivity index (χ1) is 12.9. The minimum Gasteiger partial charge on any atom is -0.454 e. The predicted molar refractivity (Wildman–Crippen MR) is 94.6 cm³/mol. The molecule has 2 aromatic rings. The van der Waals surface area contributed by atoms with Gasteiger partial charge < -0.3 is 18.8 Å². The number of hydrogen-bond acceptors (Lipinski definition) is 7. The summed E-state index contributed by atoms with van der Waals surface area (Å²) in [5.74, 6) is 0.265. The molecule has 1 N–H and O–H groups in total. The fourth-order valence-corrected chi connectivity index (χ4v) is 2.72. The van der Waals surface area contributed by atoms with Crippen LogP contribution in [0.2, 0.25) is 0 Å². The molecule has 1 saturated heterocycles. The lowest BCUT2D eigenvalue weighted by molar-refractivity contribution is -0.122. The Morgan fingerprint density at radius 2 is 1.85 bits per heavy atom. The molecule has 1 aromatic carbocycles. The Hall–Kier alpha value is -3.75. The van der Waals surface area contributed by atoms with Gasteiger partial charge in [-0.3, -0.25) is 14.9 Å². The Bertz CT molecular complexity index is 991. The van der Waals surface area contributed by atoms with Crippen molar-refractivity contribution in [3.8, 4) is 11.5 Å². The minimum atomic E-state index is -0.838. The highest BCUT2D eigenvalue weighted by Gasteiger charge is 2.37. The maximum atomic E-state index is 12.8. The second kappa shape index (κ2) is 6.20. The van der Waals surface area contributed by atoms with Crippen LogP contribution in [0.25, 0.3) is 6.08 Å². The lowest BCUT2D eigenvalue weighted by atomic mass is 10.1. The Labute approximate surface area is 153 Å². The van der Waals surface area contributed by atoms with Crippen molar-refractivity contribution >= 4 is 35.5 Å². The van der Waals surface area contributed by atoms with Crippen molar-refractivity contribution in [1.29, 1.82) is 0 Å².